The average Bonchev–Trinajstić information content (AvgIpc) is 2.39. The van der Waals surface area contributed by atoms with Crippen LogP contribution in [-0.4, -0.2) is 7.11 Å². The molecule has 94 valence electrons. The normalized spacial score (nSPS) is 12.2. The molecular formula is C15H14Cl2O. The number of methoxy groups -OCH3 is 1. The lowest BCUT2D eigenvalue weighted by molar-refractivity contribution is 0.414. The fourth-order valence-corrected chi connectivity index (χ4v) is 2.55. The number of hydrogen-bond acceptors (Lipinski definition) is 1. The SMILES string of the molecule is COc1ccc(C(Cl)Cc2ccccc2)c(Cl)c1. The van der Waals surface area contributed by atoms with Crippen LogP contribution in [0, 0.1) is 0 Å². The van der Waals surface area contributed by atoms with Gasteiger partial charge in [-0.05, 0) is 29.7 Å². The van der Waals surface area contributed by atoms with E-state index < -0.39 is 0 Å². The van der Waals surface area contributed by atoms with Crippen molar-refractivity contribution in [2.75, 3.05) is 7.11 Å². The average molecular weight is 281 g/mol. The Kier molecular flexibility index (Phi) is 4.51. The molecule has 0 aliphatic carbocycles. The molecule has 0 fully saturated rings. The molecule has 0 N–H and O–H groups in total. The van der Waals surface area contributed by atoms with Gasteiger partial charge in [0, 0.05) is 5.02 Å². The van der Waals surface area contributed by atoms with Crippen LogP contribution in [0.2, 0.25) is 5.02 Å². The molecule has 0 amide bonds. The van der Waals surface area contributed by atoms with Crippen molar-refractivity contribution in [3.8, 4) is 5.75 Å². The van der Waals surface area contributed by atoms with Gasteiger partial charge in [0.1, 0.15) is 5.75 Å². The highest BCUT2D eigenvalue weighted by molar-refractivity contribution is 6.33. The van der Waals surface area contributed by atoms with E-state index >= 15 is 0 Å². The summed E-state index contributed by atoms with van der Waals surface area (Å²) in [6.07, 6.45) is 0.758. The summed E-state index contributed by atoms with van der Waals surface area (Å²) in [6, 6.07) is 15.7. The van der Waals surface area contributed by atoms with Crippen LogP contribution in [0.25, 0.3) is 0 Å². The zero-order valence-corrected chi connectivity index (χ0v) is 11.6. The molecule has 0 radical (unpaired) electrons. The maximum absolute atomic E-state index is 6.42. The van der Waals surface area contributed by atoms with Crippen LogP contribution in [0.3, 0.4) is 0 Å². The summed E-state index contributed by atoms with van der Waals surface area (Å²) < 4.78 is 5.12. The summed E-state index contributed by atoms with van der Waals surface area (Å²) in [5.41, 5.74) is 2.13. The van der Waals surface area contributed by atoms with Gasteiger partial charge < -0.3 is 4.74 Å². The van der Waals surface area contributed by atoms with Gasteiger partial charge in [0.2, 0.25) is 0 Å². The monoisotopic (exact) mass is 280 g/mol. The van der Waals surface area contributed by atoms with Crippen LogP contribution in [0.1, 0.15) is 16.5 Å². The van der Waals surface area contributed by atoms with Gasteiger partial charge in [-0.25, -0.2) is 0 Å². The second-order valence-electron chi connectivity index (χ2n) is 4.04. The molecule has 0 saturated heterocycles. The van der Waals surface area contributed by atoms with E-state index in [9.17, 15) is 0 Å². The van der Waals surface area contributed by atoms with Gasteiger partial charge >= 0.3 is 0 Å². The molecule has 0 heterocycles. The predicted molar refractivity (Wildman–Crippen MR) is 76.7 cm³/mol. The molecule has 0 aromatic heterocycles. The van der Waals surface area contributed by atoms with Crippen LogP contribution >= 0.6 is 23.2 Å². The van der Waals surface area contributed by atoms with Gasteiger partial charge in [-0.1, -0.05) is 48.0 Å². The standard InChI is InChI=1S/C15H14Cl2O/c1-18-12-7-8-13(15(17)10-12)14(16)9-11-5-3-2-4-6-11/h2-8,10,14H,9H2,1H3. The zero-order chi connectivity index (χ0) is 13.0. The van der Waals surface area contributed by atoms with Crippen molar-refractivity contribution in [3.05, 3.63) is 64.7 Å². The van der Waals surface area contributed by atoms with Crippen molar-refractivity contribution >= 4 is 23.2 Å². The largest absolute Gasteiger partial charge is 0.497 e. The maximum Gasteiger partial charge on any atom is 0.120 e. The van der Waals surface area contributed by atoms with Crippen molar-refractivity contribution < 1.29 is 4.74 Å². The van der Waals surface area contributed by atoms with Crippen LogP contribution in [-0.2, 0) is 6.42 Å². The third-order valence-electron chi connectivity index (χ3n) is 2.80. The lowest BCUT2D eigenvalue weighted by atomic mass is 10.0. The predicted octanol–water partition coefficient (Wildman–Crippen LogP) is 4.87. The molecule has 1 nitrogen and oxygen atoms in total. The Hall–Kier alpha value is -1.18. The number of rotatable bonds is 4. The van der Waals surface area contributed by atoms with Gasteiger partial charge in [0.15, 0.2) is 0 Å². The molecule has 0 aliphatic heterocycles. The van der Waals surface area contributed by atoms with Gasteiger partial charge in [0.05, 0.1) is 12.5 Å². The fourth-order valence-electron chi connectivity index (χ4n) is 1.82. The summed E-state index contributed by atoms with van der Waals surface area (Å²) in [5, 5.41) is 0.510. The molecule has 3 heteroatoms. The van der Waals surface area contributed by atoms with Crippen molar-refractivity contribution in [1.82, 2.24) is 0 Å². The first-order valence-corrected chi connectivity index (χ1v) is 6.53. The summed E-state index contributed by atoms with van der Waals surface area (Å²) in [4.78, 5) is 0. The second-order valence-corrected chi connectivity index (χ2v) is 4.98. The van der Waals surface area contributed by atoms with Crippen molar-refractivity contribution in [3.63, 3.8) is 0 Å². The highest BCUT2D eigenvalue weighted by atomic mass is 35.5. The minimum absolute atomic E-state index is 0.134. The van der Waals surface area contributed by atoms with E-state index in [0.29, 0.717) is 5.02 Å². The maximum atomic E-state index is 6.42. The Labute approximate surface area is 117 Å². The molecule has 1 unspecified atom stereocenters. The Bertz CT molecular complexity index is 511. The summed E-state index contributed by atoms with van der Waals surface area (Å²) in [5.74, 6) is 0.743. The van der Waals surface area contributed by atoms with Crippen molar-refractivity contribution in [2.24, 2.45) is 0 Å². The molecular weight excluding hydrogens is 267 g/mol. The number of ether oxygens (including phenoxy) is 1. The van der Waals surface area contributed by atoms with Gasteiger partial charge in [-0.3, -0.25) is 0 Å². The molecule has 2 rings (SSSR count). The van der Waals surface area contributed by atoms with Crippen LogP contribution < -0.4 is 4.74 Å². The summed E-state index contributed by atoms with van der Waals surface area (Å²) in [6.45, 7) is 0. The second kappa shape index (κ2) is 6.12. The molecule has 0 bridgehead atoms. The van der Waals surface area contributed by atoms with E-state index in [1.54, 1.807) is 13.2 Å². The minimum Gasteiger partial charge on any atom is -0.497 e. The van der Waals surface area contributed by atoms with E-state index in [4.69, 9.17) is 27.9 Å². The van der Waals surface area contributed by atoms with E-state index in [-0.39, 0.29) is 5.38 Å². The Morgan fingerprint density at radius 2 is 1.83 bits per heavy atom. The molecule has 0 saturated carbocycles. The lowest BCUT2D eigenvalue weighted by Crippen LogP contribution is -1.97. The number of hydrogen-bond donors (Lipinski definition) is 0. The smallest absolute Gasteiger partial charge is 0.120 e. The third-order valence-corrected chi connectivity index (χ3v) is 3.52. The highest BCUT2D eigenvalue weighted by Gasteiger charge is 2.13. The van der Waals surface area contributed by atoms with Gasteiger partial charge in [-0.2, -0.15) is 0 Å². The molecule has 0 aliphatic rings. The molecule has 2 aromatic rings. The van der Waals surface area contributed by atoms with E-state index in [2.05, 4.69) is 12.1 Å². The fraction of sp³-hybridized carbons (Fsp3) is 0.200. The molecule has 2 aromatic carbocycles. The van der Waals surface area contributed by atoms with Crippen molar-refractivity contribution in [1.29, 1.82) is 0 Å². The summed E-state index contributed by atoms with van der Waals surface area (Å²) >= 11 is 12.6. The van der Waals surface area contributed by atoms with E-state index in [1.807, 2.05) is 30.3 Å². The molecule has 18 heavy (non-hydrogen) atoms. The van der Waals surface area contributed by atoms with Crippen LogP contribution in [0.5, 0.6) is 5.75 Å². The van der Waals surface area contributed by atoms with E-state index in [1.165, 1.54) is 5.56 Å². The zero-order valence-electron chi connectivity index (χ0n) is 10.1. The van der Waals surface area contributed by atoms with Crippen LogP contribution in [0.15, 0.2) is 48.5 Å². The Balaban J connectivity index is 2.16. The minimum atomic E-state index is -0.134. The Morgan fingerprint density at radius 1 is 1.11 bits per heavy atom. The Morgan fingerprint density at radius 3 is 2.44 bits per heavy atom. The van der Waals surface area contributed by atoms with Crippen molar-refractivity contribution in [2.45, 2.75) is 11.8 Å². The first kappa shape index (κ1) is 13.3. The molecule has 0 spiro atoms. The van der Waals surface area contributed by atoms with Gasteiger partial charge in [0.25, 0.3) is 0 Å². The first-order valence-electron chi connectivity index (χ1n) is 5.72. The third kappa shape index (κ3) is 3.18. The number of halogens is 2. The highest BCUT2D eigenvalue weighted by Crippen LogP contribution is 2.33. The van der Waals surface area contributed by atoms with E-state index in [0.717, 1.165) is 17.7 Å². The summed E-state index contributed by atoms with van der Waals surface area (Å²) in [7, 11) is 1.62. The lowest BCUT2D eigenvalue weighted by Gasteiger charge is -2.12. The molecule has 1 atom stereocenters. The van der Waals surface area contributed by atoms with Crippen LogP contribution in [0.4, 0.5) is 0 Å². The topological polar surface area (TPSA) is 9.23 Å². The quantitative estimate of drug-likeness (QED) is 0.726. The number of alkyl halides is 1. The first-order chi connectivity index (χ1) is 8.70. The number of benzene rings is 2. The van der Waals surface area contributed by atoms with Gasteiger partial charge in [-0.15, -0.1) is 11.6 Å².